The highest BCUT2D eigenvalue weighted by atomic mass is 16.3. The molecule has 0 spiro atoms. The van der Waals surface area contributed by atoms with Gasteiger partial charge in [-0.25, -0.2) is 15.0 Å². The second kappa shape index (κ2) is 9.58. The first-order valence-corrected chi connectivity index (χ1v) is 15.3. The van der Waals surface area contributed by atoms with Crippen molar-refractivity contribution in [1.82, 2.24) is 15.0 Å². The second-order valence-corrected chi connectivity index (χ2v) is 11.6. The van der Waals surface area contributed by atoms with Gasteiger partial charge in [-0.2, -0.15) is 0 Å². The quantitative estimate of drug-likeness (QED) is 0.205. The molecular weight excluding hydrogens is 566 g/mol. The molecule has 0 aliphatic rings. The van der Waals surface area contributed by atoms with Crippen LogP contribution >= 0.6 is 0 Å². The lowest BCUT2D eigenvalue weighted by Crippen LogP contribution is -2.00. The molecule has 0 bridgehead atoms. The average Bonchev–Trinajstić information content (AvgIpc) is 3.71. The maximum atomic E-state index is 6.68. The lowest BCUT2D eigenvalue weighted by atomic mass is 9.98. The normalized spacial score (nSPS) is 11.9. The highest BCUT2D eigenvalue weighted by Crippen LogP contribution is 2.46. The summed E-state index contributed by atoms with van der Waals surface area (Å²) in [6.07, 6.45) is 0. The van der Waals surface area contributed by atoms with Crippen molar-refractivity contribution in [2.75, 3.05) is 0 Å². The van der Waals surface area contributed by atoms with E-state index in [1.165, 1.54) is 5.39 Å². The minimum Gasteiger partial charge on any atom is -0.455 e. The molecule has 0 saturated heterocycles. The van der Waals surface area contributed by atoms with Gasteiger partial charge >= 0.3 is 0 Å². The van der Waals surface area contributed by atoms with Crippen LogP contribution in [0.4, 0.5) is 0 Å². The van der Waals surface area contributed by atoms with Crippen LogP contribution in [-0.4, -0.2) is 15.0 Å². The predicted octanol–water partition coefficient (Wildman–Crippen LogP) is 11.0. The number of benzene rings is 7. The highest BCUT2D eigenvalue weighted by molar-refractivity contribution is 6.34. The summed E-state index contributed by atoms with van der Waals surface area (Å²) in [5, 5.41) is 8.43. The van der Waals surface area contributed by atoms with Gasteiger partial charge in [0.25, 0.3) is 0 Å². The Bertz CT molecular complexity index is 2810. The number of rotatable bonds is 3. The summed E-state index contributed by atoms with van der Waals surface area (Å²) in [7, 11) is 0. The van der Waals surface area contributed by atoms with E-state index in [0.717, 1.165) is 76.7 Å². The third-order valence-electron chi connectivity index (χ3n) is 8.89. The van der Waals surface area contributed by atoms with Gasteiger partial charge in [0.2, 0.25) is 0 Å². The molecule has 10 aromatic rings. The predicted molar refractivity (Wildman–Crippen MR) is 186 cm³/mol. The Labute approximate surface area is 262 Å². The summed E-state index contributed by atoms with van der Waals surface area (Å²) < 4.78 is 13.3. The van der Waals surface area contributed by atoms with E-state index in [9.17, 15) is 0 Å². The van der Waals surface area contributed by atoms with E-state index in [1.54, 1.807) is 0 Å². The number of furan rings is 2. The van der Waals surface area contributed by atoms with Crippen molar-refractivity contribution in [3.63, 3.8) is 0 Å². The number of para-hydroxylation sites is 1. The van der Waals surface area contributed by atoms with Gasteiger partial charge in [-0.15, -0.1) is 0 Å². The molecule has 5 heteroatoms. The zero-order valence-corrected chi connectivity index (χ0v) is 24.4. The molecule has 0 N–H and O–H groups in total. The van der Waals surface area contributed by atoms with Gasteiger partial charge in [-0.3, -0.25) is 0 Å². The molecule has 5 nitrogen and oxygen atoms in total. The standard InChI is InChI=1S/C41H23N3O2/c1-2-12-25(13-3-1)39-42-40(27-22-21-24-11-4-5-14-26(24)23-27)44-41(43-39)31-18-10-20-33-35(31)36-37(46-33)29-16-7-6-15-28(29)34-30-17-8-9-19-32(30)45-38(34)36/h1-23H. The van der Waals surface area contributed by atoms with E-state index in [-0.39, 0.29) is 0 Å². The number of hydrogen-bond acceptors (Lipinski definition) is 5. The number of nitrogens with zero attached hydrogens (tertiary/aromatic N) is 3. The van der Waals surface area contributed by atoms with Crippen LogP contribution < -0.4 is 0 Å². The molecule has 10 rings (SSSR count). The molecule has 7 aromatic carbocycles. The Morgan fingerprint density at radius 1 is 0.370 bits per heavy atom. The third-order valence-corrected chi connectivity index (χ3v) is 8.89. The maximum absolute atomic E-state index is 6.68. The summed E-state index contributed by atoms with van der Waals surface area (Å²) in [4.78, 5) is 15.2. The molecule has 0 amide bonds. The first-order chi connectivity index (χ1) is 22.8. The van der Waals surface area contributed by atoms with Crippen molar-refractivity contribution >= 4 is 65.4 Å². The molecule has 0 radical (unpaired) electrons. The highest BCUT2D eigenvalue weighted by Gasteiger charge is 2.24. The monoisotopic (exact) mass is 589 g/mol. The molecule has 46 heavy (non-hydrogen) atoms. The van der Waals surface area contributed by atoms with Crippen molar-refractivity contribution < 1.29 is 8.83 Å². The molecule has 0 fully saturated rings. The van der Waals surface area contributed by atoms with Crippen LogP contribution in [0, 0.1) is 0 Å². The molecule has 0 saturated carbocycles. The molecule has 0 aliphatic carbocycles. The fourth-order valence-corrected chi connectivity index (χ4v) is 6.80. The minimum absolute atomic E-state index is 0.572. The SMILES string of the molecule is c1ccc(-c2nc(-c3ccc4ccccc4c3)nc(-c3cccc4oc5c6ccccc6c6c7ccccc7oc6c5c34)n2)cc1. The summed E-state index contributed by atoms with van der Waals surface area (Å²) in [5.74, 6) is 1.79. The Balaban J connectivity index is 1.32. The second-order valence-electron chi connectivity index (χ2n) is 11.6. The molecule has 0 aliphatic heterocycles. The zero-order valence-electron chi connectivity index (χ0n) is 24.4. The van der Waals surface area contributed by atoms with Crippen LogP contribution in [0.25, 0.3) is 99.6 Å². The van der Waals surface area contributed by atoms with Crippen molar-refractivity contribution in [2.45, 2.75) is 0 Å². The summed E-state index contributed by atoms with van der Waals surface area (Å²) in [6.45, 7) is 0. The van der Waals surface area contributed by atoms with E-state index in [0.29, 0.717) is 17.5 Å². The zero-order chi connectivity index (χ0) is 30.2. The van der Waals surface area contributed by atoms with Crippen LogP contribution in [0.5, 0.6) is 0 Å². The first kappa shape index (κ1) is 25.0. The lowest BCUT2D eigenvalue weighted by molar-refractivity contribution is 0.665. The van der Waals surface area contributed by atoms with Crippen molar-refractivity contribution in [1.29, 1.82) is 0 Å². The van der Waals surface area contributed by atoms with Crippen LogP contribution in [0.15, 0.2) is 148 Å². The van der Waals surface area contributed by atoms with Gasteiger partial charge in [0, 0.05) is 38.2 Å². The van der Waals surface area contributed by atoms with Crippen LogP contribution in [0.3, 0.4) is 0 Å². The fourth-order valence-electron chi connectivity index (χ4n) is 6.80. The van der Waals surface area contributed by atoms with Crippen LogP contribution in [0.1, 0.15) is 0 Å². The average molecular weight is 590 g/mol. The Kier molecular flexibility index (Phi) is 5.22. The first-order valence-electron chi connectivity index (χ1n) is 15.3. The summed E-state index contributed by atoms with van der Waals surface area (Å²) in [5.41, 5.74) is 5.88. The summed E-state index contributed by atoms with van der Waals surface area (Å²) >= 11 is 0. The van der Waals surface area contributed by atoms with Gasteiger partial charge in [0.15, 0.2) is 17.5 Å². The van der Waals surface area contributed by atoms with E-state index in [2.05, 4.69) is 78.9 Å². The number of hydrogen-bond donors (Lipinski definition) is 0. The van der Waals surface area contributed by atoms with Gasteiger partial charge in [-0.05, 0) is 34.4 Å². The van der Waals surface area contributed by atoms with Crippen molar-refractivity contribution in [3.8, 4) is 34.2 Å². The van der Waals surface area contributed by atoms with Gasteiger partial charge in [-0.1, -0.05) is 121 Å². The Morgan fingerprint density at radius 2 is 1.02 bits per heavy atom. The van der Waals surface area contributed by atoms with Gasteiger partial charge in [0.05, 0.1) is 5.39 Å². The number of fused-ring (bicyclic) bond motifs is 11. The maximum Gasteiger partial charge on any atom is 0.164 e. The van der Waals surface area contributed by atoms with E-state index in [4.69, 9.17) is 23.8 Å². The largest absolute Gasteiger partial charge is 0.455 e. The third kappa shape index (κ3) is 3.66. The van der Waals surface area contributed by atoms with E-state index < -0.39 is 0 Å². The van der Waals surface area contributed by atoms with Crippen molar-refractivity contribution in [2.24, 2.45) is 0 Å². The Hall–Kier alpha value is -6.33. The molecule has 0 atom stereocenters. The summed E-state index contributed by atoms with van der Waals surface area (Å²) in [6, 6.07) is 47.4. The molecule has 0 unspecified atom stereocenters. The minimum atomic E-state index is 0.572. The van der Waals surface area contributed by atoms with E-state index in [1.807, 2.05) is 60.7 Å². The number of aromatic nitrogens is 3. The topological polar surface area (TPSA) is 65.0 Å². The molecule has 3 heterocycles. The van der Waals surface area contributed by atoms with Crippen LogP contribution in [-0.2, 0) is 0 Å². The van der Waals surface area contributed by atoms with Gasteiger partial charge in [0.1, 0.15) is 22.3 Å². The van der Waals surface area contributed by atoms with Crippen LogP contribution in [0.2, 0.25) is 0 Å². The molecular formula is C41H23N3O2. The van der Waals surface area contributed by atoms with Crippen molar-refractivity contribution in [3.05, 3.63) is 140 Å². The smallest absolute Gasteiger partial charge is 0.164 e. The lowest BCUT2D eigenvalue weighted by Gasteiger charge is -2.10. The Morgan fingerprint density at radius 3 is 1.89 bits per heavy atom. The fraction of sp³-hybridized carbons (Fsp3) is 0. The molecule has 214 valence electrons. The van der Waals surface area contributed by atoms with E-state index >= 15 is 0 Å². The van der Waals surface area contributed by atoms with Gasteiger partial charge < -0.3 is 8.83 Å². The molecule has 3 aromatic heterocycles.